The van der Waals surface area contributed by atoms with E-state index in [9.17, 15) is 45.3 Å². The molecule has 0 amide bonds. The predicted molar refractivity (Wildman–Crippen MR) is 147 cm³/mol. The molecule has 0 atom stereocenters. The van der Waals surface area contributed by atoms with Gasteiger partial charge in [-0.25, -0.2) is 13.9 Å². The first-order valence-corrected chi connectivity index (χ1v) is 12.6. The maximum atomic E-state index is 12.9. The molecule has 0 fully saturated rings. The highest BCUT2D eigenvalue weighted by molar-refractivity contribution is 5.69. The van der Waals surface area contributed by atoms with Crippen LogP contribution in [0, 0.1) is 54.3 Å². The van der Waals surface area contributed by atoms with Gasteiger partial charge in [-0.1, -0.05) is 9.97 Å². The third-order valence-electron chi connectivity index (χ3n) is 6.50. The molecule has 19 nitrogen and oxygen atoms in total. The van der Waals surface area contributed by atoms with E-state index < -0.39 is 37.7 Å². The third-order valence-corrected chi connectivity index (χ3v) is 6.50. The SMILES string of the molecule is Cc1cnc([N+](=O)[O-])n1CCc1cc([N+](=O)[O-])ccc1OC(=O)Oc1ccc([N+](=O)[O-])cc1CCn1c(C)cnc1[N+](=O)[O-]. The summed E-state index contributed by atoms with van der Waals surface area (Å²) in [5.74, 6) is -1.13. The maximum absolute atomic E-state index is 12.9. The molecule has 0 unspecified atom stereocenters. The predicted octanol–water partition coefficient (Wildman–Crippen LogP) is 4.39. The molecule has 0 aliphatic rings. The Morgan fingerprint density at radius 2 is 1.07 bits per heavy atom. The van der Waals surface area contributed by atoms with E-state index in [-0.39, 0.29) is 59.9 Å². The van der Waals surface area contributed by atoms with Gasteiger partial charge in [0.25, 0.3) is 11.4 Å². The average Bonchev–Trinajstić information content (AvgIpc) is 3.53. The van der Waals surface area contributed by atoms with Gasteiger partial charge in [0, 0.05) is 48.2 Å². The van der Waals surface area contributed by atoms with Gasteiger partial charge in [-0.3, -0.25) is 20.2 Å². The van der Waals surface area contributed by atoms with Crippen LogP contribution in [-0.4, -0.2) is 45.0 Å². The summed E-state index contributed by atoms with van der Waals surface area (Å²) in [4.78, 5) is 63.0. The fourth-order valence-corrected chi connectivity index (χ4v) is 4.35. The molecule has 2 heterocycles. The van der Waals surface area contributed by atoms with Gasteiger partial charge in [-0.2, -0.15) is 0 Å². The summed E-state index contributed by atoms with van der Waals surface area (Å²) in [6.45, 7) is 3.13. The van der Waals surface area contributed by atoms with Crippen LogP contribution in [-0.2, 0) is 25.9 Å². The fraction of sp³-hybridized carbons (Fsp3) is 0.240. The van der Waals surface area contributed by atoms with E-state index in [1.165, 1.54) is 33.7 Å². The van der Waals surface area contributed by atoms with Crippen LogP contribution in [0.4, 0.5) is 28.1 Å². The number of non-ortho nitro benzene ring substituents is 2. The number of carbonyl (C=O) groups excluding carboxylic acids is 1. The lowest BCUT2D eigenvalue weighted by Gasteiger charge is -2.13. The van der Waals surface area contributed by atoms with Crippen LogP contribution in [0.1, 0.15) is 22.5 Å². The molecule has 228 valence electrons. The highest BCUT2D eigenvalue weighted by atomic mass is 16.7. The van der Waals surface area contributed by atoms with Gasteiger partial charge in [0.1, 0.15) is 35.3 Å². The zero-order chi connectivity index (χ0) is 32.1. The summed E-state index contributed by atoms with van der Waals surface area (Å²) in [5, 5.41) is 45.4. The van der Waals surface area contributed by atoms with E-state index in [1.54, 1.807) is 13.8 Å². The summed E-state index contributed by atoms with van der Waals surface area (Å²) in [6, 6.07) is 6.82. The summed E-state index contributed by atoms with van der Waals surface area (Å²) >= 11 is 0. The van der Waals surface area contributed by atoms with Crippen LogP contribution in [0.3, 0.4) is 0 Å². The number of imidazole rings is 2. The summed E-state index contributed by atoms with van der Waals surface area (Å²) < 4.78 is 13.2. The number of nitro groups is 4. The van der Waals surface area contributed by atoms with Crippen LogP contribution in [0.5, 0.6) is 11.5 Å². The fourth-order valence-electron chi connectivity index (χ4n) is 4.35. The summed E-state index contributed by atoms with van der Waals surface area (Å²) in [5.41, 5.74) is 0.603. The van der Waals surface area contributed by atoms with Gasteiger partial charge in [0.2, 0.25) is 0 Å². The van der Waals surface area contributed by atoms with E-state index >= 15 is 0 Å². The normalized spacial score (nSPS) is 10.8. The minimum Gasteiger partial charge on any atom is -0.394 e. The number of hydrogen-bond acceptors (Lipinski definition) is 13. The van der Waals surface area contributed by atoms with Gasteiger partial charge >= 0.3 is 18.1 Å². The van der Waals surface area contributed by atoms with Crippen LogP contribution in [0.2, 0.25) is 0 Å². The zero-order valence-corrected chi connectivity index (χ0v) is 23.0. The van der Waals surface area contributed by atoms with Crippen molar-refractivity contribution >= 4 is 29.4 Å². The molecule has 0 spiro atoms. The van der Waals surface area contributed by atoms with Crippen molar-refractivity contribution in [3.05, 3.63) is 112 Å². The smallest absolute Gasteiger partial charge is 0.394 e. The first-order valence-electron chi connectivity index (χ1n) is 12.6. The molecule has 0 radical (unpaired) electrons. The zero-order valence-electron chi connectivity index (χ0n) is 23.0. The minimum atomic E-state index is -1.29. The van der Waals surface area contributed by atoms with E-state index in [2.05, 4.69) is 9.97 Å². The van der Waals surface area contributed by atoms with Gasteiger partial charge in [0.15, 0.2) is 0 Å². The van der Waals surface area contributed by atoms with E-state index in [1.807, 2.05) is 0 Å². The van der Waals surface area contributed by atoms with E-state index in [4.69, 9.17) is 9.47 Å². The number of benzene rings is 2. The second kappa shape index (κ2) is 12.7. The Morgan fingerprint density at radius 1 is 0.682 bits per heavy atom. The molecule has 2 aromatic heterocycles. The molecule has 4 rings (SSSR count). The quantitative estimate of drug-likeness (QED) is 0.0935. The lowest BCUT2D eigenvalue weighted by molar-refractivity contribution is -0.397. The Labute approximate surface area is 245 Å². The Balaban J connectivity index is 1.57. The van der Waals surface area contributed by atoms with Crippen molar-refractivity contribution in [2.45, 2.75) is 39.8 Å². The van der Waals surface area contributed by atoms with Gasteiger partial charge in [0.05, 0.1) is 22.9 Å². The standard InChI is InChI=1S/C25H22N8O11/c1-15-13-26-23(32(39)40)28(15)9-7-17-11-19(30(35)36)3-5-21(17)43-25(34)44-22-6-4-20(31(37)38)12-18(22)8-10-29-16(2)14-27-24(29)33(41)42/h3-6,11-14H,7-10H2,1-2H3. The molecule has 0 saturated carbocycles. The van der Waals surface area contributed by atoms with Crippen molar-refractivity contribution in [2.24, 2.45) is 0 Å². The average molecular weight is 610 g/mol. The van der Waals surface area contributed by atoms with Crippen molar-refractivity contribution in [3.8, 4) is 11.5 Å². The Hall–Kier alpha value is -6.27. The van der Waals surface area contributed by atoms with Crippen molar-refractivity contribution in [3.63, 3.8) is 0 Å². The highest BCUT2D eigenvalue weighted by Crippen LogP contribution is 2.29. The van der Waals surface area contributed by atoms with Crippen LogP contribution in [0.15, 0.2) is 48.8 Å². The monoisotopic (exact) mass is 610 g/mol. The lowest BCUT2D eigenvalue weighted by atomic mass is 10.1. The topological polar surface area (TPSA) is 244 Å². The number of aryl methyl sites for hydroxylation is 4. The lowest BCUT2D eigenvalue weighted by Crippen LogP contribution is -2.17. The van der Waals surface area contributed by atoms with Crippen LogP contribution in [0.25, 0.3) is 0 Å². The molecule has 0 aliphatic heterocycles. The molecule has 44 heavy (non-hydrogen) atoms. The molecular weight excluding hydrogens is 588 g/mol. The molecule has 0 bridgehead atoms. The summed E-state index contributed by atoms with van der Waals surface area (Å²) in [6.07, 6.45) is 1.25. The minimum absolute atomic E-state index is 0.0268. The summed E-state index contributed by atoms with van der Waals surface area (Å²) in [7, 11) is 0. The first-order chi connectivity index (χ1) is 20.8. The van der Waals surface area contributed by atoms with Gasteiger partial charge < -0.3 is 29.7 Å². The molecular formula is C25H22N8O11. The molecule has 0 aliphatic carbocycles. The number of nitrogens with zero attached hydrogens (tertiary/aromatic N) is 8. The first kappa shape index (κ1) is 30.7. The van der Waals surface area contributed by atoms with Crippen molar-refractivity contribution in [2.75, 3.05) is 0 Å². The molecule has 2 aromatic carbocycles. The van der Waals surface area contributed by atoms with Crippen LogP contribution >= 0.6 is 0 Å². The van der Waals surface area contributed by atoms with E-state index in [0.29, 0.717) is 11.4 Å². The number of ether oxygens (including phenoxy) is 2. The largest absolute Gasteiger partial charge is 0.519 e. The number of hydrogen-bond donors (Lipinski definition) is 0. The Bertz CT molecular complexity index is 1670. The Morgan fingerprint density at radius 3 is 1.41 bits per heavy atom. The number of nitro benzene ring substituents is 2. The van der Waals surface area contributed by atoms with Crippen LogP contribution < -0.4 is 9.47 Å². The van der Waals surface area contributed by atoms with E-state index in [0.717, 1.165) is 24.3 Å². The maximum Gasteiger partial charge on any atom is 0.519 e. The van der Waals surface area contributed by atoms with Gasteiger partial charge in [-0.15, -0.1) is 0 Å². The van der Waals surface area contributed by atoms with Crippen molar-refractivity contribution in [1.29, 1.82) is 0 Å². The second-order valence-electron chi connectivity index (χ2n) is 9.27. The number of rotatable bonds is 12. The number of aromatic nitrogens is 4. The number of carbonyl (C=O) groups is 1. The third kappa shape index (κ3) is 6.78. The second-order valence-corrected chi connectivity index (χ2v) is 9.27. The molecule has 4 aromatic rings. The molecule has 0 N–H and O–H groups in total. The van der Waals surface area contributed by atoms with Crippen molar-refractivity contribution < 1.29 is 34.0 Å². The van der Waals surface area contributed by atoms with Crippen molar-refractivity contribution in [1.82, 2.24) is 19.1 Å². The highest BCUT2D eigenvalue weighted by Gasteiger charge is 2.23. The van der Waals surface area contributed by atoms with Gasteiger partial charge in [-0.05, 0) is 35.8 Å². The Kier molecular flexibility index (Phi) is 8.87. The molecule has 19 heteroatoms. The molecule has 0 saturated heterocycles.